The van der Waals surface area contributed by atoms with Crippen LogP contribution >= 0.6 is 0 Å². The summed E-state index contributed by atoms with van der Waals surface area (Å²) in [5.74, 6) is -1.49. The summed E-state index contributed by atoms with van der Waals surface area (Å²) in [6.07, 6.45) is 0. The van der Waals surface area contributed by atoms with Gasteiger partial charge in [0.05, 0.1) is 25.8 Å². The number of halogens is 1. The smallest absolute Gasteiger partial charge is 0.300 e. The van der Waals surface area contributed by atoms with E-state index in [1.54, 1.807) is 55.5 Å². The fraction of sp³-hybridized carbons (Fsp3) is 0.154. The van der Waals surface area contributed by atoms with Crippen molar-refractivity contribution in [2.24, 2.45) is 0 Å². The lowest BCUT2D eigenvalue weighted by atomic mass is 9.93. The number of aliphatic hydroxyl groups is 1. The second-order valence-corrected chi connectivity index (χ2v) is 7.61. The quantitative estimate of drug-likeness (QED) is 0.346. The second kappa shape index (κ2) is 8.78. The summed E-state index contributed by atoms with van der Waals surface area (Å²) in [5, 5.41) is 11.3. The van der Waals surface area contributed by atoms with Gasteiger partial charge < -0.3 is 14.6 Å². The van der Waals surface area contributed by atoms with Crippen LogP contribution in [-0.4, -0.2) is 31.0 Å². The Bertz CT molecular complexity index is 1280. The molecule has 3 aromatic carbocycles. The monoisotopic (exact) mass is 447 g/mol. The number of methoxy groups -OCH3 is 2. The molecule has 0 bridgehead atoms. The molecular formula is C26H22FNO5. The third kappa shape index (κ3) is 3.93. The summed E-state index contributed by atoms with van der Waals surface area (Å²) in [6, 6.07) is 16.3. The van der Waals surface area contributed by atoms with Crippen molar-refractivity contribution in [3.8, 4) is 11.5 Å². The normalized spacial score (nSPS) is 17.3. The molecule has 168 valence electrons. The number of nitrogens with zero attached hydrogens (tertiary/aromatic N) is 1. The Hall–Kier alpha value is -4.13. The van der Waals surface area contributed by atoms with Gasteiger partial charge in [0.2, 0.25) is 0 Å². The molecule has 0 spiro atoms. The minimum atomic E-state index is -0.983. The summed E-state index contributed by atoms with van der Waals surface area (Å²) in [4.78, 5) is 27.5. The molecule has 1 aliphatic rings. The third-order valence-electron chi connectivity index (χ3n) is 5.63. The number of hydrogen-bond donors (Lipinski definition) is 1. The molecule has 1 fully saturated rings. The maximum atomic E-state index is 14.0. The van der Waals surface area contributed by atoms with E-state index in [1.165, 1.54) is 37.3 Å². The number of ether oxygens (including phenoxy) is 2. The van der Waals surface area contributed by atoms with Crippen molar-refractivity contribution in [2.45, 2.75) is 13.0 Å². The molecule has 7 heteroatoms. The number of aryl methyl sites for hydroxylation is 1. The fourth-order valence-electron chi connectivity index (χ4n) is 4.03. The minimum Gasteiger partial charge on any atom is -0.507 e. The van der Waals surface area contributed by atoms with E-state index in [1.807, 2.05) is 0 Å². The van der Waals surface area contributed by atoms with E-state index in [0.29, 0.717) is 28.2 Å². The fourth-order valence-corrected chi connectivity index (χ4v) is 4.03. The molecule has 1 amide bonds. The Morgan fingerprint density at radius 3 is 2.30 bits per heavy atom. The van der Waals surface area contributed by atoms with Gasteiger partial charge in [-0.2, -0.15) is 0 Å². The van der Waals surface area contributed by atoms with Gasteiger partial charge in [0.15, 0.2) is 0 Å². The molecule has 6 nitrogen and oxygen atoms in total. The number of Topliss-reactive ketones (excluding diaryl/α,β-unsaturated/α-hetero) is 1. The molecule has 1 saturated heterocycles. The van der Waals surface area contributed by atoms with E-state index in [9.17, 15) is 19.1 Å². The van der Waals surface area contributed by atoms with Gasteiger partial charge >= 0.3 is 0 Å². The van der Waals surface area contributed by atoms with Gasteiger partial charge in [-0.05, 0) is 66.6 Å². The van der Waals surface area contributed by atoms with Gasteiger partial charge in [0.1, 0.15) is 23.1 Å². The van der Waals surface area contributed by atoms with Crippen LogP contribution in [0.4, 0.5) is 10.1 Å². The SMILES string of the molecule is COc1cccc(C2/C(=C(/O)c3ccc(OC)cc3C)C(=O)C(=O)N2c2cccc(F)c2)c1. The Labute approximate surface area is 190 Å². The zero-order chi connectivity index (χ0) is 23.7. The Balaban J connectivity index is 1.97. The van der Waals surface area contributed by atoms with Crippen LogP contribution < -0.4 is 14.4 Å². The molecule has 0 saturated carbocycles. The Kier molecular flexibility index (Phi) is 5.87. The number of aliphatic hydroxyl groups excluding tert-OH is 1. The first-order valence-corrected chi connectivity index (χ1v) is 10.2. The number of benzene rings is 3. The van der Waals surface area contributed by atoms with E-state index in [4.69, 9.17) is 9.47 Å². The predicted octanol–water partition coefficient (Wildman–Crippen LogP) is 4.78. The Morgan fingerprint density at radius 2 is 1.64 bits per heavy atom. The number of carbonyl (C=O) groups is 2. The third-order valence-corrected chi connectivity index (χ3v) is 5.63. The zero-order valence-electron chi connectivity index (χ0n) is 18.3. The number of rotatable bonds is 5. The molecule has 0 radical (unpaired) electrons. The highest BCUT2D eigenvalue weighted by Gasteiger charge is 2.47. The van der Waals surface area contributed by atoms with E-state index in [2.05, 4.69) is 0 Å². The summed E-state index contributed by atoms with van der Waals surface area (Å²) < 4.78 is 24.6. The summed E-state index contributed by atoms with van der Waals surface area (Å²) in [5.41, 5.74) is 1.70. The van der Waals surface area contributed by atoms with Crippen molar-refractivity contribution in [3.05, 3.63) is 94.8 Å². The summed E-state index contributed by atoms with van der Waals surface area (Å²) >= 11 is 0. The first-order valence-electron chi connectivity index (χ1n) is 10.2. The molecule has 0 aromatic heterocycles. The first-order chi connectivity index (χ1) is 15.8. The number of amides is 1. The van der Waals surface area contributed by atoms with Gasteiger partial charge in [-0.25, -0.2) is 4.39 Å². The number of ketones is 1. The van der Waals surface area contributed by atoms with E-state index in [-0.39, 0.29) is 17.0 Å². The average Bonchev–Trinajstić information content (AvgIpc) is 3.09. The molecule has 33 heavy (non-hydrogen) atoms. The van der Waals surface area contributed by atoms with Gasteiger partial charge in [0.25, 0.3) is 11.7 Å². The molecule has 1 aliphatic heterocycles. The first kappa shape index (κ1) is 22.1. The van der Waals surface area contributed by atoms with Crippen molar-refractivity contribution in [1.29, 1.82) is 0 Å². The zero-order valence-corrected chi connectivity index (χ0v) is 18.3. The van der Waals surface area contributed by atoms with Gasteiger partial charge in [-0.15, -0.1) is 0 Å². The van der Waals surface area contributed by atoms with Crippen molar-refractivity contribution in [1.82, 2.24) is 0 Å². The minimum absolute atomic E-state index is 0.0919. The van der Waals surface area contributed by atoms with Crippen LogP contribution in [0.5, 0.6) is 11.5 Å². The van der Waals surface area contributed by atoms with Crippen LogP contribution in [0.15, 0.2) is 72.3 Å². The molecule has 1 heterocycles. The lowest BCUT2D eigenvalue weighted by molar-refractivity contribution is -0.132. The molecule has 0 aliphatic carbocycles. The van der Waals surface area contributed by atoms with Crippen LogP contribution in [-0.2, 0) is 9.59 Å². The van der Waals surface area contributed by atoms with Crippen molar-refractivity contribution in [3.63, 3.8) is 0 Å². The molecule has 3 aromatic rings. The van der Waals surface area contributed by atoms with Crippen LogP contribution in [0.3, 0.4) is 0 Å². The highest BCUT2D eigenvalue weighted by atomic mass is 19.1. The molecule has 1 unspecified atom stereocenters. The molecule has 1 atom stereocenters. The second-order valence-electron chi connectivity index (χ2n) is 7.61. The summed E-state index contributed by atoms with van der Waals surface area (Å²) in [7, 11) is 3.03. The lowest BCUT2D eigenvalue weighted by Crippen LogP contribution is -2.29. The molecule has 1 N–H and O–H groups in total. The summed E-state index contributed by atoms with van der Waals surface area (Å²) in [6.45, 7) is 1.76. The van der Waals surface area contributed by atoms with Crippen LogP contribution in [0.1, 0.15) is 22.7 Å². The van der Waals surface area contributed by atoms with Gasteiger partial charge in [-0.3, -0.25) is 14.5 Å². The van der Waals surface area contributed by atoms with Gasteiger partial charge in [0, 0.05) is 11.3 Å². The highest BCUT2D eigenvalue weighted by Crippen LogP contribution is 2.43. The van der Waals surface area contributed by atoms with Crippen molar-refractivity contribution in [2.75, 3.05) is 19.1 Å². The maximum Gasteiger partial charge on any atom is 0.300 e. The van der Waals surface area contributed by atoms with E-state index >= 15 is 0 Å². The predicted molar refractivity (Wildman–Crippen MR) is 122 cm³/mol. The highest BCUT2D eigenvalue weighted by molar-refractivity contribution is 6.51. The topological polar surface area (TPSA) is 76.1 Å². The Morgan fingerprint density at radius 1 is 0.939 bits per heavy atom. The van der Waals surface area contributed by atoms with Crippen molar-refractivity contribution < 1.29 is 28.6 Å². The number of hydrogen-bond acceptors (Lipinski definition) is 5. The van der Waals surface area contributed by atoms with Crippen LogP contribution in [0, 0.1) is 12.7 Å². The lowest BCUT2D eigenvalue weighted by Gasteiger charge is -2.26. The average molecular weight is 447 g/mol. The largest absolute Gasteiger partial charge is 0.507 e. The van der Waals surface area contributed by atoms with Crippen molar-refractivity contribution >= 4 is 23.1 Å². The van der Waals surface area contributed by atoms with Gasteiger partial charge in [-0.1, -0.05) is 18.2 Å². The molecular weight excluding hydrogens is 425 g/mol. The standard InChI is InChI=1S/C26H22FNO5/c1-15-12-20(33-3)10-11-21(15)24(29)22-23(16-6-4-9-19(13-16)32-2)28(26(31)25(22)30)18-8-5-7-17(27)14-18/h4-14,23,29H,1-3H3/b24-22-. The molecule has 4 rings (SSSR count). The van der Waals surface area contributed by atoms with Crippen LogP contribution in [0.2, 0.25) is 0 Å². The maximum absolute atomic E-state index is 14.0. The van der Waals surface area contributed by atoms with Crippen LogP contribution in [0.25, 0.3) is 5.76 Å². The van der Waals surface area contributed by atoms with E-state index in [0.717, 1.165) is 0 Å². The van der Waals surface area contributed by atoms with E-state index < -0.39 is 23.5 Å². The number of carbonyl (C=O) groups excluding carboxylic acids is 2. The number of anilines is 1.